The smallest absolute Gasteiger partial charge is 0.397 e. The number of rotatable bonds is 5. The predicted octanol–water partition coefficient (Wildman–Crippen LogP) is 5.10. The molecule has 0 fully saturated rings. The summed E-state index contributed by atoms with van der Waals surface area (Å²) in [5.41, 5.74) is 0. The largest absolute Gasteiger partial charge is 0.472 e. The highest BCUT2D eigenvalue weighted by molar-refractivity contribution is 5.04. The summed E-state index contributed by atoms with van der Waals surface area (Å²) < 4.78 is 171. The molecule has 0 aliphatic heterocycles. The van der Waals surface area contributed by atoms with Crippen LogP contribution < -0.4 is 0 Å². The predicted molar refractivity (Wildman–Crippen MR) is 37.3 cm³/mol. The maximum absolute atomic E-state index is 12.6. The van der Waals surface area contributed by atoms with Crippen LogP contribution in [0.3, 0.4) is 0 Å². The lowest BCUT2D eigenvalue weighted by Crippen LogP contribution is -2.66. The maximum atomic E-state index is 12.6. The highest BCUT2D eigenvalue weighted by atomic mass is 19.4. The van der Waals surface area contributed by atoms with E-state index in [2.05, 4.69) is 0 Å². The van der Waals surface area contributed by atoms with Crippen molar-refractivity contribution in [2.75, 3.05) is 0 Å². The third kappa shape index (κ3) is 3.02. The van der Waals surface area contributed by atoms with Gasteiger partial charge in [-0.05, 0) is 0 Å². The number of ether oxygens (including phenoxy) is 1. The van der Waals surface area contributed by atoms with E-state index >= 15 is 0 Å². The Morgan fingerprint density at radius 3 is 1.18 bits per heavy atom. The molecule has 0 saturated heterocycles. The van der Waals surface area contributed by atoms with E-state index in [0.717, 1.165) is 0 Å². The van der Waals surface area contributed by atoms with Crippen molar-refractivity contribution in [3.63, 3.8) is 0 Å². The van der Waals surface area contributed by atoms with Gasteiger partial charge in [-0.25, -0.2) is 0 Å². The fraction of sp³-hybridized carbons (Fsp3) is 0.714. The minimum absolute atomic E-state index is 1.76. The molecule has 0 heterocycles. The highest BCUT2D eigenvalue weighted by Gasteiger charge is 2.88. The molecule has 0 rings (SSSR count). The van der Waals surface area contributed by atoms with E-state index < -0.39 is 42.1 Å². The number of hydrogen-bond donors (Lipinski definition) is 0. The van der Waals surface area contributed by atoms with Gasteiger partial charge in [0.05, 0.1) is 0 Å². The topological polar surface area (TPSA) is 9.23 Å². The van der Waals surface area contributed by atoms with Gasteiger partial charge in [0.15, 0.2) is 0 Å². The van der Waals surface area contributed by atoms with Crippen LogP contribution in [0.1, 0.15) is 0 Å². The van der Waals surface area contributed by atoms with Gasteiger partial charge in [0.1, 0.15) is 0 Å². The first kappa shape index (κ1) is 20.6. The molecule has 0 aromatic heterocycles. The van der Waals surface area contributed by atoms with Crippen LogP contribution in [0.4, 0.5) is 61.5 Å². The molecule has 0 spiro atoms. The second-order valence-electron chi connectivity index (χ2n) is 3.37. The van der Waals surface area contributed by atoms with Crippen LogP contribution in [0.2, 0.25) is 0 Å². The van der Waals surface area contributed by atoms with E-state index in [1.54, 1.807) is 4.74 Å². The van der Waals surface area contributed by atoms with Crippen LogP contribution in [-0.4, -0.2) is 30.1 Å². The maximum Gasteiger partial charge on any atom is 0.472 e. The van der Waals surface area contributed by atoms with Crippen molar-refractivity contribution in [2.24, 2.45) is 0 Å². The lowest BCUT2D eigenvalue weighted by atomic mass is 10.0. The molecule has 0 aromatic carbocycles. The summed E-state index contributed by atoms with van der Waals surface area (Å²) in [5, 5.41) is 0. The molecule has 0 aliphatic carbocycles. The first-order chi connectivity index (χ1) is 9.33. The Hall–Kier alpha value is -1.44. The van der Waals surface area contributed by atoms with Crippen molar-refractivity contribution in [3.05, 3.63) is 12.1 Å². The molecular formula is C7F14O. The van der Waals surface area contributed by atoms with E-state index in [9.17, 15) is 61.5 Å². The van der Waals surface area contributed by atoms with Crippen LogP contribution in [0.15, 0.2) is 12.1 Å². The van der Waals surface area contributed by atoms with Gasteiger partial charge in [0.2, 0.25) is 0 Å². The Bertz CT molecular complexity index is 441. The molecule has 0 atom stereocenters. The summed E-state index contributed by atoms with van der Waals surface area (Å²) in [4.78, 5) is 0. The Kier molecular flexibility index (Phi) is 4.98. The minimum atomic E-state index is -7.87. The van der Waals surface area contributed by atoms with Gasteiger partial charge >= 0.3 is 42.1 Å². The Morgan fingerprint density at radius 1 is 0.545 bits per heavy atom. The molecule has 0 bridgehead atoms. The lowest BCUT2D eigenvalue weighted by Gasteiger charge is -2.36. The van der Waals surface area contributed by atoms with Gasteiger partial charge in [-0.1, -0.05) is 0 Å². The standard InChI is InChI=1S/C7F14O/c8-1(9)2(10)22-7(20,21)5(15,16)3(11,12)4(13,14)6(17,18)19. The Labute approximate surface area is 110 Å². The highest BCUT2D eigenvalue weighted by Crippen LogP contribution is 2.57. The molecule has 0 N–H and O–H groups in total. The lowest BCUT2D eigenvalue weighted by molar-refractivity contribution is -0.454. The van der Waals surface area contributed by atoms with E-state index in [-0.39, 0.29) is 0 Å². The molecule has 1 nitrogen and oxygen atoms in total. The molecule has 0 unspecified atom stereocenters. The Morgan fingerprint density at radius 2 is 0.909 bits per heavy atom. The van der Waals surface area contributed by atoms with Gasteiger partial charge in [-0.3, -0.25) is 0 Å². The van der Waals surface area contributed by atoms with Crippen molar-refractivity contribution < 1.29 is 66.2 Å². The molecular weight excluding hydrogens is 366 g/mol. The van der Waals surface area contributed by atoms with Gasteiger partial charge in [-0.2, -0.15) is 61.5 Å². The third-order valence-corrected chi connectivity index (χ3v) is 1.88. The summed E-state index contributed by atoms with van der Waals surface area (Å²) in [6.45, 7) is 0. The van der Waals surface area contributed by atoms with Crippen molar-refractivity contribution in [1.29, 1.82) is 0 Å². The van der Waals surface area contributed by atoms with Gasteiger partial charge < -0.3 is 4.74 Å². The van der Waals surface area contributed by atoms with E-state index in [1.165, 1.54) is 0 Å². The average Bonchev–Trinajstić information content (AvgIpc) is 2.25. The first-order valence-corrected chi connectivity index (χ1v) is 4.30. The summed E-state index contributed by atoms with van der Waals surface area (Å²) >= 11 is 0. The number of halogens is 14. The fourth-order valence-electron chi connectivity index (χ4n) is 0.773. The van der Waals surface area contributed by atoms with E-state index in [1.807, 2.05) is 0 Å². The quantitative estimate of drug-likeness (QED) is 0.486. The fourth-order valence-corrected chi connectivity index (χ4v) is 0.773. The van der Waals surface area contributed by atoms with Gasteiger partial charge in [0, 0.05) is 0 Å². The second kappa shape index (κ2) is 5.33. The van der Waals surface area contributed by atoms with Gasteiger partial charge in [0.25, 0.3) is 0 Å². The van der Waals surface area contributed by atoms with Crippen LogP contribution in [0, 0.1) is 0 Å². The van der Waals surface area contributed by atoms with E-state index in [4.69, 9.17) is 0 Å². The molecule has 0 aromatic rings. The zero-order valence-corrected chi connectivity index (χ0v) is 9.20. The normalized spacial score (nSPS) is 14.8. The van der Waals surface area contributed by atoms with Crippen LogP contribution in [0.5, 0.6) is 0 Å². The molecule has 22 heavy (non-hydrogen) atoms. The molecule has 132 valence electrons. The van der Waals surface area contributed by atoms with E-state index in [0.29, 0.717) is 0 Å². The van der Waals surface area contributed by atoms with Gasteiger partial charge in [-0.15, -0.1) is 0 Å². The molecule has 0 radical (unpaired) electrons. The number of alkyl halides is 11. The first-order valence-electron chi connectivity index (χ1n) is 4.30. The second-order valence-corrected chi connectivity index (χ2v) is 3.37. The van der Waals surface area contributed by atoms with Crippen molar-refractivity contribution in [2.45, 2.75) is 30.1 Å². The minimum Gasteiger partial charge on any atom is -0.397 e. The zero-order chi connectivity index (χ0) is 18.4. The van der Waals surface area contributed by atoms with Crippen molar-refractivity contribution >= 4 is 0 Å². The molecule has 0 aliphatic rings. The number of hydrogen-bond acceptors (Lipinski definition) is 1. The summed E-state index contributed by atoms with van der Waals surface area (Å²) in [6.07, 6.45) is -18.5. The molecule has 0 amide bonds. The zero-order valence-electron chi connectivity index (χ0n) is 9.20. The summed E-state index contributed by atoms with van der Waals surface area (Å²) in [6, 6.07) is -3.88. The average molecular weight is 366 g/mol. The third-order valence-electron chi connectivity index (χ3n) is 1.88. The van der Waals surface area contributed by atoms with Crippen molar-refractivity contribution in [1.82, 2.24) is 0 Å². The van der Waals surface area contributed by atoms with Crippen LogP contribution in [-0.2, 0) is 4.74 Å². The molecule has 0 saturated carbocycles. The summed E-state index contributed by atoms with van der Waals surface area (Å²) in [5.74, 6) is -23.3. The summed E-state index contributed by atoms with van der Waals surface area (Å²) in [7, 11) is 0. The van der Waals surface area contributed by atoms with Crippen molar-refractivity contribution in [3.8, 4) is 0 Å². The molecule has 15 heteroatoms. The monoisotopic (exact) mass is 366 g/mol. The van der Waals surface area contributed by atoms with Crippen LogP contribution >= 0.6 is 0 Å². The Balaban J connectivity index is 5.95. The van der Waals surface area contributed by atoms with Crippen LogP contribution in [0.25, 0.3) is 0 Å². The SMILES string of the molecule is FC(F)=C(F)OC(F)(F)C(F)(F)C(F)(F)C(F)(F)C(F)(F)F.